The molecule has 0 fully saturated rings. The molecule has 7 heteroatoms. The second-order valence-electron chi connectivity index (χ2n) is 5.84. The summed E-state index contributed by atoms with van der Waals surface area (Å²) in [6.07, 6.45) is 6.32. The molecule has 0 aliphatic carbocycles. The first-order chi connectivity index (χ1) is 13.1. The Morgan fingerprint density at radius 1 is 1.00 bits per heavy atom. The van der Waals surface area contributed by atoms with E-state index in [1.807, 2.05) is 24.3 Å². The molecule has 0 aliphatic heterocycles. The maximum absolute atomic E-state index is 12.0. The van der Waals surface area contributed by atoms with Crippen LogP contribution in [0.1, 0.15) is 11.1 Å². The van der Waals surface area contributed by atoms with Gasteiger partial charge in [-0.2, -0.15) is 0 Å². The molecule has 0 spiro atoms. The zero-order valence-corrected chi connectivity index (χ0v) is 14.6. The number of nitrogens with one attached hydrogen (secondary N) is 2. The van der Waals surface area contributed by atoms with E-state index >= 15 is 0 Å². The molecular formula is C20H20N6O. The van der Waals surface area contributed by atoms with Gasteiger partial charge in [0.05, 0.1) is 11.4 Å². The fourth-order valence-electron chi connectivity index (χ4n) is 2.29. The number of aromatic nitrogens is 2. The minimum absolute atomic E-state index is 0.279. The molecule has 136 valence electrons. The highest BCUT2D eigenvalue weighted by molar-refractivity contribution is 6.03. The Labute approximate surface area is 157 Å². The second kappa shape index (κ2) is 8.48. The van der Waals surface area contributed by atoms with Crippen LogP contribution in [0.2, 0.25) is 0 Å². The van der Waals surface area contributed by atoms with Gasteiger partial charge in [0.25, 0.3) is 0 Å². The topological polar surface area (TPSA) is 119 Å². The lowest BCUT2D eigenvalue weighted by Gasteiger charge is -2.06. The largest absolute Gasteiger partial charge is 0.399 e. The van der Waals surface area contributed by atoms with Crippen LogP contribution < -0.4 is 22.1 Å². The van der Waals surface area contributed by atoms with E-state index in [2.05, 4.69) is 20.6 Å². The number of nitrogen functional groups attached to an aromatic ring is 2. The quantitative estimate of drug-likeness (QED) is 0.396. The fraction of sp³-hybridized carbons (Fsp3) is 0.0500. The highest BCUT2D eigenvalue weighted by Crippen LogP contribution is 2.16. The summed E-state index contributed by atoms with van der Waals surface area (Å²) < 4.78 is 0. The van der Waals surface area contributed by atoms with Crippen LogP contribution in [0.4, 0.5) is 23.0 Å². The maximum Gasteiger partial charge on any atom is 0.248 e. The van der Waals surface area contributed by atoms with Crippen molar-refractivity contribution in [2.24, 2.45) is 0 Å². The van der Waals surface area contributed by atoms with Crippen LogP contribution in [0.5, 0.6) is 0 Å². The molecule has 1 aromatic heterocycles. The molecular weight excluding hydrogens is 340 g/mol. The monoisotopic (exact) mass is 360 g/mol. The smallest absolute Gasteiger partial charge is 0.248 e. The maximum atomic E-state index is 12.0. The van der Waals surface area contributed by atoms with E-state index < -0.39 is 0 Å². The lowest BCUT2D eigenvalue weighted by Crippen LogP contribution is -2.09. The summed E-state index contributed by atoms with van der Waals surface area (Å²) in [5, 5.41) is 5.85. The first-order valence-electron chi connectivity index (χ1n) is 8.34. The van der Waals surface area contributed by atoms with E-state index in [9.17, 15) is 4.79 Å². The Bertz CT molecular complexity index is 935. The minimum Gasteiger partial charge on any atom is -0.399 e. The predicted octanol–water partition coefficient (Wildman–Crippen LogP) is 2.91. The summed E-state index contributed by atoms with van der Waals surface area (Å²) in [5.41, 5.74) is 15.1. The Morgan fingerprint density at radius 2 is 1.70 bits per heavy atom. The van der Waals surface area contributed by atoms with Crippen LogP contribution in [0.25, 0.3) is 6.08 Å². The van der Waals surface area contributed by atoms with E-state index in [4.69, 9.17) is 11.5 Å². The summed E-state index contributed by atoms with van der Waals surface area (Å²) in [5.74, 6) is 0.226. The predicted molar refractivity (Wildman–Crippen MR) is 109 cm³/mol. The minimum atomic E-state index is -0.279. The van der Waals surface area contributed by atoms with E-state index in [0.29, 0.717) is 29.4 Å². The van der Waals surface area contributed by atoms with Crippen LogP contribution in [0.3, 0.4) is 0 Å². The molecule has 1 heterocycles. The summed E-state index contributed by atoms with van der Waals surface area (Å²) in [7, 11) is 0. The number of hydrogen-bond acceptors (Lipinski definition) is 6. The molecule has 0 bridgehead atoms. The number of nitrogens with zero attached hydrogens (tertiary/aromatic N) is 2. The standard InChI is InChI=1S/C20H20N6O/c21-16-8-5-14(6-9-16)11-23-20-24-12-15(13-25-20)7-10-19(27)26-18-4-2-1-3-17(18)22/h1-10,12-13H,11,21-22H2,(H,26,27)(H,23,24,25)/b10-7+. The molecule has 7 nitrogen and oxygen atoms in total. The average molecular weight is 360 g/mol. The van der Waals surface area contributed by atoms with Crippen molar-refractivity contribution in [2.45, 2.75) is 6.54 Å². The van der Waals surface area contributed by atoms with Gasteiger partial charge in [0.15, 0.2) is 0 Å². The van der Waals surface area contributed by atoms with Crippen molar-refractivity contribution < 1.29 is 4.79 Å². The molecule has 0 saturated heterocycles. The van der Waals surface area contributed by atoms with Crippen molar-refractivity contribution in [3.63, 3.8) is 0 Å². The summed E-state index contributed by atoms with van der Waals surface area (Å²) in [6, 6.07) is 14.7. The molecule has 0 atom stereocenters. The van der Waals surface area contributed by atoms with E-state index in [0.717, 1.165) is 11.3 Å². The van der Waals surface area contributed by atoms with Crippen molar-refractivity contribution >= 4 is 35.0 Å². The van der Waals surface area contributed by atoms with Gasteiger partial charge >= 0.3 is 0 Å². The average Bonchev–Trinajstić information content (AvgIpc) is 2.68. The molecule has 1 amide bonds. The Kier molecular flexibility index (Phi) is 5.64. The normalized spacial score (nSPS) is 10.7. The fourth-order valence-corrected chi connectivity index (χ4v) is 2.29. The molecule has 0 saturated carbocycles. The van der Waals surface area contributed by atoms with Crippen LogP contribution in [0.15, 0.2) is 67.0 Å². The van der Waals surface area contributed by atoms with Gasteiger partial charge in [0, 0.05) is 36.3 Å². The Hall–Kier alpha value is -3.87. The Balaban J connectivity index is 1.53. The molecule has 27 heavy (non-hydrogen) atoms. The molecule has 0 aliphatic rings. The van der Waals surface area contributed by atoms with Gasteiger partial charge < -0.3 is 22.1 Å². The van der Waals surface area contributed by atoms with Crippen LogP contribution in [-0.2, 0) is 11.3 Å². The van der Waals surface area contributed by atoms with Gasteiger partial charge in [0.1, 0.15) is 0 Å². The molecule has 3 rings (SSSR count). The number of hydrogen-bond donors (Lipinski definition) is 4. The van der Waals surface area contributed by atoms with Crippen molar-refractivity contribution in [3.05, 3.63) is 78.1 Å². The Morgan fingerprint density at radius 3 is 2.41 bits per heavy atom. The lowest BCUT2D eigenvalue weighted by atomic mass is 10.2. The lowest BCUT2D eigenvalue weighted by molar-refractivity contribution is -0.111. The van der Waals surface area contributed by atoms with Crippen molar-refractivity contribution in [1.29, 1.82) is 0 Å². The summed E-state index contributed by atoms with van der Waals surface area (Å²) >= 11 is 0. The number of carbonyl (C=O) groups is 1. The number of amides is 1. The highest BCUT2D eigenvalue weighted by Gasteiger charge is 2.01. The number of rotatable bonds is 6. The van der Waals surface area contributed by atoms with E-state index in [-0.39, 0.29) is 5.91 Å². The number of carbonyl (C=O) groups excluding carboxylic acids is 1. The van der Waals surface area contributed by atoms with Gasteiger partial charge in [-0.15, -0.1) is 0 Å². The zero-order chi connectivity index (χ0) is 19.1. The van der Waals surface area contributed by atoms with Crippen LogP contribution in [-0.4, -0.2) is 15.9 Å². The third-order valence-corrected chi connectivity index (χ3v) is 3.75. The first-order valence-corrected chi connectivity index (χ1v) is 8.34. The molecule has 0 radical (unpaired) electrons. The zero-order valence-electron chi connectivity index (χ0n) is 14.6. The van der Waals surface area contributed by atoms with Gasteiger partial charge in [-0.05, 0) is 35.9 Å². The van der Waals surface area contributed by atoms with Crippen molar-refractivity contribution in [2.75, 3.05) is 22.1 Å². The number of nitrogens with two attached hydrogens (primary N) is 2. The second-order valence-corrected chi connectivity index (χ2v) is 5.84. The molecule has 2 aromatic carbocycles. The first kappa shape index (κ1) is 17.9. The molecule has 3 aromatic rings. The number of para-hydroxylation sites is 2. The van der Waals surface area contributed by atoms with Crippen LogP contribution >= 0.6 is 0 Å². The SMILES string of the molecule is Nc1ccc(CNc2ncc(/C=C/C(=O)Nc3ccccc3N)cn2)cc1. The summed E-state index contributed by atoms with van der Waals surface area (Å²) in [6.45, 7) is 0.594. The highest BCUT2D eigenvalue weighted by atomic mass is 16.1. The van der Waals surface area contributed by atoms with E-state index in [1.54, 1.807) is 42.7 Å². The third kappa shape index (κ3) is 5.30. The third-order valence-electron chi connectivity index (χ3n) is 3.75. The van der Waals surface area contributed by atoms with Gasteiger partial charge in [0.2, 0.25) is 11.9 Å². The molecule has 0 unspecified atom stereocenters. The van der Waals surface area contributed by atoms with Gasteiger partial charge in [-0.3, -0.25) is 4.79 Å². The van der Waals surface area contributed by atoms with Crippen molar-refractivity contribution in [3.8, 4) is 0 Å². The molecule has 6 N–H and O–H groups in total. The number of anilines is 4. The van der Waals surface area contributed by atoms with Gasteiger partial charge in [-0.25, -0.2) is 9.97 Å². The van der Waals surface area contributed by atoms with E-state index in [1.165, 1.54) is 6.08 Å². The van der Waals surface area contributed by atoms with Crippen molar-refractivity contribution in [1.82, 2.24) is 9.97 Å². The summed E-state index contributed by atoms with van der Waals surface area (Å²) in [4.78, 5) is 20.4. The van der Waals surface area contributed by atoms with Crippen LogP contribution in [0, 0.1) is 0 Å². The van der Waals surface area contributed by atoms with Gasteiger partial charge in [-0.1, -0.05) is 24.3 Å². The number of benzene rings is 2.